The Labute approximate surface area is 199 Å². The van der Waals surface area contributed by atoms with Gasteiger partial charge in [0.15, 0.2) is 11.5 Å². The third-order valence-electron chi connectivity index (χ3n) is 7.49. The molecule has 9 nitrogen and oxygen atoms in total. The molecule has 12 heteroatoms. The molecule has 3 N–H and O–H groups in total. The molecule has 2 aromatic heterocycles. The van der Waals surface area contributed by atoms with Gasteiger partial charge in [-0.05, 0) is 44.4 Å². The second-order valence-electron chi connectivity index (χ2n) is 10.3. The van der Waals surface area contributed by atoms with Gasteiger partial charge in [0.2, 0.25) is 11.9 Å². The van der Waals surface area contributed by atoms with E-state index in [9.17, 15) is 18.0 Å². The number of fused-ring (bicyclic) bond motifs is 2. The fourth-order valence-corrected chi connectivity index (χ4v) is 5.46. The Bertz CT molecular complexity index is 1340. The highest BCUT2D eigenvalue weighted by Gasteiger charge is 2.52. The Balaban J connectivity index is 1.23. The van der Waals surface area contributed by atoms with Crippen molar-refractivity contribution in [1.29, 1.82) is 0 Å². The second-order valence-corrected chi connectivity index (χ2v) is 10.3. The summed E-state index contributed by atoms with van der Waals surface area (Å²) in [5.74, 6) is 0.910. The molecule has 1 spiro atoms. The van der Waals surface area contributed by atoms with Crippen LogP contribution in [0.25, 0.3) is 5.65 Å². The summed E-state index contributed by atoms with van der Waals surface area (Å²) in [6, 6.07) is 4.17. The second kappa shape index (κ2) is 7.30. The highest BCUT2D eigenvalue weighted by atomic mass is 19.4. The largest absolute Gasteiger partial charge is 0.403 e. The van der Waals surface area contributed by atoms with E-state index in [0.717, 1.165) is 16.9 Å². The fourth-order valence-electron chi connectivity index (χ4n) is 5.46. The number of carbonyl (C=O) groups excluding carboxylic acids is 1. The number of rotatable bonds is 3. The first-order chi connectivity index (χ1) is 16.5. The van der Waals surface area contributed by atoms with Crippen molar-refractivity contribution < 1.29 is 18.0 Å². The van der Waals surface area contributed by atoms with Crippen molar-refractivity contribution >= 4 is 34.7 Å². The maximum Gasteiger partial charge on any atom is 0.403 e. The van der Waals surface area contributed by atoms with Crippen molar-refractivity contribution in [2.75, 3.05) is 35.2 Å². The lowest BCUT2D eigenvalue weighted by Gasteiger charge is -2.24. The molecule has 3 aliphatic heterocycles. The van der Waals surface area contributed by atoms with Crippen LogP contribution >= 0.6 is 0 Å². The molecule has 0 bridgehead atoms. The SMILES string of the molecule is CC1(C)C(=O)Nc2cc(Nc3nc4c(N5CCC6(CN[C@H](C(F)(F)F)C6)C5)nccn4n3)ccc21. The minimum absolute atomic E-state index is 0.0476. The van der Waals surface area contributed by atoms with Gasteiger partial charge in [-0.1, -0.05) is 6.07 Å². The molecule has 2 atom stereocenters. The molecule has 0 saturated carbocycles. The molecule has 1 aromatic carbocycles. The van der Waals surface area contributed by atoms with E-state index in [1.165, 1.54) is 0 Å². The van der Waals surface area contributed by atoms with E-state index in [-0.39, 0.29) is 12.3 Å². The summed E-state index contributed by atoms with van der Waals surface area (Å²) in [7, 11) is 0. The standard InChI is InChI=1S/C23H25F3N8O/c1-21(2)14-4-3-13(9-15(14)30-19(21)35)29-20-31-18-17(27-6-8-34(18)32-20)33-7-5-22(12-33)10-16(28-11-22)23(24,25)26/h3-4,6,8-9,16,28H,5,7,10-12H2,1-2H3,(H,29,32)(H,30,35)/t16-,22?/m0/s1. The summed E-state index contributed by atoms with van der Waals surface area (Å²) in [6.07, 6.45) is -0.207. The van der Waals surface area contributed by atoms with Gasteiger partial charge < -0.3 is 20.9 Å². The van der Waals surface area contributed by atoms with E-state index in [0.29, 0.717) is 43.5 Å². The normalized spacial score (nSPS) is 25.5. The van der Waals surface area contributed by atoms with Crippen molar-refractivity contribution in [2.24, 2.45) is 5.41 Å². The van der Waals surface area contributed by atoms with Gasteiger partial charge in [-0.3, -0.25) is 4.79 Å². The lowest BCUT2D eigenvalue weighted by molar-refractivity contribution is -0.153. The minimum atomic E-state index is -4.24. The van der Waals surface area contributed by atoms with Gasteiger partial charge in [-0.15, -0.1) is 5.10 Å². The van der Waals surface area contributed by atoms with Gasteiger partial charge in [0, 0.05) is 48.8 Å². The average Bonchev–Trinajstić information content (AvgIpc) is 3.55. The number of halogens is 3. The summed E-state index contributed by atoms with van der Waals surface area (Å²) in [6.45, 7) is 5.19. The highest BCUT2D eigenvalue weighted by Crippen LogP contribution is 2.44. The van der Waals surface area contributed by atoms with Crippen LogP contribution in [0.5, 0.6) is 0 Å². The molecule has 35 heavy (non-hydrogen) atoms. The van der Waals surface area contributed by atoms with Gasteiger partial charge in [0.05, 0.1) is 5.41 Å². The molecule has 184 valence electrons. The van der Waals surface area contributed by atoms with Crippen LogP contribution in [0, 0.1) is 5.41 Å². The lowest BCUT2D eigenvalue weighted by Crippen LogP contribution is -2.36. The van der Waals surface area contributed by atoms with E-state index in [1.54, 1.807) is 16.9 Å². The molecular formula is C23H25F3N8O. The minimum Gasteiger partial charge on any atom is -0.353 e. The third kappa shape index (κ3) is 3.58. The van der Waals surface area contributed by atoms with Gasteiger partial charge in [0.1, 0.15) is 6.04 Å². The molecule has 1 amide bonds. The Hall–Kier alpha value is -3.41. The van der Waals surface area contributed by atoms with Gasteiger partial charge in [-0.2, -0.15) is 18.2 Å². The Kier molecular flexibility index (Phi) is 4.60. The zero-order valence-corrected chi connectivity index (χ0v) is 19.3. The Morgan fingerprint density at radius 1 is 1.26 bits per heavy atom. The van der Waals surface area contributed by atoms with E-state index in [4.69, 9.17) is 0 Å². The van der Waals surface area contributed by atoms with Crippen LogP contribution in [0.15, 0.2) is 30.6 Å². The first-order valence-electron chi connectivity index (χ1n) is 11.5. The third-order valence-corrected chi connectivity index (χ3v) is 7.49. The maximum atomic E-state index is 13.2. The molecule has 3 aromatic rings. The summed E-state index contributed by atoms with van der Waals surface area (Å²) >= 11 is 0. The topological polar surface area (TPSA) is 99.5 Å². The zero-order chi connectivity index (χ0) is 24.6. The van der Waals surface area contributed by atoms with Gasteiger partial charge in [-0.25, -0.2) is 9.50 Å². The van der Waals surface area contributed by atoms with Crippen LogP contribution < -0.4 is 20.9 Å². The van der Waals surface area contributed by atoms with Crippen LogP contribution in [0.2, 0.25) is 0 Å². The van der Waals surface area contributed by atoms with Crippen molar-refractivity contribution in [3.63, 3.8) is 0 Å². The van der Waals surface area contributed by atoms with Crippen LogP contribution in [0.1, 0.15) is 32.3 Å². The fraction of sp³-hybridized carbons (Fsp3) is 0.478. The van der Waals surface area contributed by atoms with Crippen LogP contribution in [0.4, 0.5) is 36.3 Å². The van der Waals surface area contributed by atoms with Crippen molar-refractivity contribution in [3.8, 4) is 0 Å². The predicted molar refractivity (Wildman–Crippen MR) is 124 cm³/mol. The molecule has 5 heterocycles. The summed E-state index contributed by atoms with van der Waals surface area (Å²) in [4.78, 5) is 23.3. The van der Waals surface area contributed by atoms with Crippen LogP contribution in [-0.4, -0.2) is 57.3 Å². The number of amides is 1. The van der Waals surface area contributed by atoms with E-state index < -0.39 is 23.0 Å². The number of anilines is 4. The number of nitrogens with zero attached hydrogens (tertiary/aromatic N) is 5. The summed E-state index contributed by atoms with van der Waals surface area (Å²) in [5, 5.41) is 13.2. The summed E-state index contributed by atoms with van der Waals surface area (Å²) < 4.78 is 41.2. The molecule has 2 fully saturated rings. The van der Waals surface area contributed by atoms with Crippen LogP contribution in [0.3, 0.4) is 0 Å². The molecule has 2 saturated heterocycles. The zero-order valence-electron chi connectivity index (χ0n) is 19.3. The maximum absolute atomic E-state index is 13.2. The van der Waals surface area contributed by atoms with Crippen LogP contribution in [-0.2, 0) is 10.2 Å². The van der Waals surface area contributed by atoms with Crippen molar-refractivity contribution in [2.45, 2.75) is 44.3 Å². The number of benzene rings is 1. The van der Waals surface area contributed by atoms with E-state index in [1.807, 2.05) is 36.9 Å². The van der Waals surface area contributed by atoms with Crippen molar-refractivity contribution in [1.82, 2.24) is 24.9 Å². The average molecular weight is 487 g/mol. The molecular weight excluding hydrogens is 461 g/mol. The molecule has 0 radical (unpaired) electrons. The van der Waals surface area contributed by atoms with E-state index >= 15 is 0 Å². The first kappa shape index (κ1) is 22.1. The smallest absolute Gasteiger partial charge is 0.353 e. The summed E-state index contributed by atoms with van der Waals surface area (Å²) in [5.41, 5.74) is 1.92. The highest BCUT2D eigenvalue weighted by molar-refractivity contribution is 6.06. The molecule has 1 unspecified atom stereocenters. The lowest BCUT2D eigenvalue weighted by atomic mass is 9.84. The quantitative estimate of drug-likeness (QED) is 0.523. The number of nitrogens with one attached hydrogen (secondary N) is 3. The van der Waals surface area contributed by atoms with Crippen molar-refractivity contribution in [3.05, 3.63) is 36.2 Å². The predicted octanol–water partition coefficient (Wildman–Crippen LogP) is 3.22. The number of carbonyl (C=O) groups is 1. The monoisotopic (exact) mass is 486 g/mol. The molecule has 0 aliphatic carbocycles. The Morgan fingerprint density at radius 3 is 2.86 bits per heavy atom. The Morgan fingerprint density at radius 2 is 2.09 bits per heavy atom. The van der Waals surface area contributed by atoms with Gasteiger partial charge in [0.25, 0.3) is 0 Å². The molecule has 6 rings (SSSR count). The number of hydrogen-bond acceptors (Lipinski definition) is 7. The number of hydrogen-bond donors (Lipinski definition) is 3. The number of alkyl halides is 3. The number of aromatic nitrogens is 4. The first-order valence-corrected chi connectivity index (χ1v) is 11.5. The molecule has 3 aliphatic rings. The van der Waals surface area contributed by atoms with E-state index in [2.05, 4.69) is 31.0 Å². The van der Waals surface area contributed by atoms with Gasteiger partial charge >= 0.3 is 6.18 Å².